The van der Waals surface area contributed by atoms with Gasteiger partial charge in [-0.1, -0.05) is 29.9 Å². The van der Waals surface area contributed by atoms with Gasteiger partial charge in [0.1, 0.15) is 5.75 Å². The maximum Gasteiger partial charge on any atom is 0.416 e. The van der Waals surface area contributed by atoms with Crippen molar-refractivity contribution in [1.82, 2.24) is 4.98 Å². The zero-order chi connectivity index (χ0) is 19.9. The molecule has 0 radical (unpaired) electrons. The van der Waals surface area contributed by atoms with Crippen molar-refractivity contribution >= 4 is 44.2 Å². The minimum atomic E-state index is -4.46. The molecule has 0 atom stereocenters. The zero-order valence-corrected chi connectivity index (χ0v) is 15.8. The number of hydrogen-bond acceptors (Lipinski definition) is 4. The van der Waals surface area contributed by atoms with Crippen molar-refractivity contribution in [3.63, 3.8) is 0 Å². The largest absolute Gasteiger partial charge is 0.507 e. The molecular formula is C18H14ClF3N2O2S. The van der Waals surface area contributed by atoms with E-state index in [1.807, 2.05) is 0 Å². The molecule has 0 bridgehead atoms. The lowest BCUT2D eigenvalue weighted by atomic mass is 10.1. The molecule has 1 heterocycles. The molecule has 2 N–H and O–H groups in total. The van der Waals surface area contributed by atoms with Gasteiger partial charge in [-0.3, -0.25) is 10.1 Å². The predicted molar refractivity (Wildman–Crippen MR) is 99.8 cm³/mol. The number of benzene rings is 2. The van der Waals surface area contributed by atoms with E-state index in [1.54, 1.807) is 13.8 Å². The van der Waals surface area contributed by atoms with Crippen molar-refractivity contribution < 1.29 is 23.1 Å². The molecule has 0 unspecified atom stereocenters. The third-order valence-electron chi connectivity index (χ3n) is 4.01. The van der Waals surface area contributed by atoms with Gasteiger partial charge in [-0.15, -0.1) is 0 Å². The van der Waals surface area contributed by atoms with Gasteiger partial charge in [0.15, 0.2) is 5.13 Å². The highest BCUT2D eigenvalue weighted by atomic mass is 35.5. The number of halogens is 4. The average molecular weight is 415 g/mol. The van der Waals surface area contributed by atoms with Crippen LogP contribution in [-0.4, -0.2) is 16.0 Å². The molecule has 9 heteroatoms. The number of alkyl halides is 3. The van der Waals surface area contributed by atoms with Gasteiger partial charge < -0.3 is 5.11 Å². The Kier molecular flexibility index (Phi) is 5.05. The fourth-order valence-corrected chi connectivity index (χ4v) is 3.88. The first kappa shape index (κ1) is 19.4. The molecule has 0 saturated heterocycles. The fraction of sp³-hybridized carbons (Fsp3) is 0.222. The molecule has 0 fully saturated rings. The predicted octanol–water partition coefficient (Wildman–Crippen LogP) is 5.80. The van der Waals surface area contributed by atoms with Gasteiger partial charge in [-0.2, -0.15) is 13.2 Å². The summed E-state index contributed by atoms with van der Waals surface area (Å²) in [7, 11) is 0. The van der Waals surface area contributed by atoms with Gasteiger partial charge in [0.2, 0.25) is 0 Å². The van der Waals surface area contributed by atoms with Crippen molar-refractivity contribution in [2.24, 2.45) is 0 Å². The molecule has 3 rings (SSSR count). The lowest BCUT2D eigenvalue weighted by Crippen LogP contribution is -2.12. The lowest BCUT2D eigenvalue weighted by molar-refractivity contribution is -0.137. The molecule has 0 aliphatic rings. The lowest BCUT2D eigenvalue weighted by Gasteiger charge is -2.08. The number of hydrogen-bond donors (Lipinski definition) is 2. The highest BCUT2D eigenvalue weighted by Gasteiger charge is 2.32. The van der Waals surface area contributed by atoms with Gasteiger partial charge in [0, 0.05) is 5.02 Å². The summed E-state index contributed by atoms with van der Waals surface area (Å²) in [4.78, 5) is 16.7. The van der Waals surface area contributed by atoms with E-state index in [4.69, 9.17) is 11.6 Å². The van der Waals surface area contributed by atoms with E-state index in [1.165, 1.54) is 12.1 Å². The third-order valence-corrected chi connectivity index (χ3v) is 5.15. The number of phenols is 1. The number of aromatic nitrogens is 1. The van der Waals surface area contributed by atoms with Crippen LogP contribution in [0.1, 0.15) is 34.0 Å². The second kappa shape index (κ2) is 7.01. The first-order chi connectivity index (χ1) is 12.6. The summed E-state index contributed by atoms with van der Waals surface area (Å²) in [5.41, 5.74) is 0.498. The number of nitrogens with zero attached hydrogens (tertiary/aromatic N) is 1. The van der Waals surface area contributed by atoms with E-state index in [-0.39, 0.29) is 21.5 Å². The van der Waals surface area contributed by atoms with E-state index in [0.717, 1.165) is 23.5 Å². The van der Waals surface area contributed by atoms with Crippen LogP contribution in [-0.2, 0) is 12.6 Å². The molecule has 1 amide bonds. The Morgan fingerprint density at radius 3 is 2.63 bits per heavy atom. The molecule has 0 spiro atoms. The summed E-state index contributed by atoms with van der Waals surface area (Å²) in [6, 6.07) is 4.91. The first-order valence-corrected chi connectivity index (χ1v) is 9.10. The van der Waals surface area contributed by atoms with Crippen LogP contribution in [0, 0.1) is 6.92 Å². The van der Waals surface area contributed by atoms with E-state index in [2.05, 4.69) is 10.3 Å². The second-order valence-corrected chi connectivity index (χ2v) is 7.39. The number of carbonyl (C=O) groups is 1. The Labute approximate surface area is 161 Å². The summed E-state index contributed by atoms with van der Waals surface area (Å²) in [5.74, 6) is -0.863. The molecule has 2 aromatic carbocycles. The van der Waals surface area contributed by atoms with Crippen LogP contribution >= 0.6 is 22.9 Å². The number of fused-ring (bicyclic) bond motifs is 1. The highest BCUT2D eigenvalue weighted by Crippen LogP contribution is 2.37. The minimum Gasteiger partial charge on any atom is -0.507 e. The van der Waals surface area contributed by atoms with Gasteiger partial charge in [-0.25, -0.2) is 4.98 Å². The molecular weight excluding hydrogens is 401 g/mol. The number of aryl methyl sites for hydroxylation is 2. The molecule has 3 aromatic rings. The number of rotatable bonds is 3. The fourth-order valence-electron chi connectivity index (χ4n) is 2.66. The Morgan fingerprint density at radius 1 is 1.30 bits per heavy atom. The van der Waals surface area contributed by atoms with E-state index in [0.29, 0.717) is 27.8 Å². The van der Waals surface area contributed by atoms with E-state index >= 15 is 0 Å². The molecule has 4 nitrogen and oxygen atoms in total. The zero-order valence-electron chi connectivity index (χ0n) is 14.2. The highest BCUT2D eigenvalue weighted by molar-refractivity contribution is 7.22. The minimum absolute atomic E-state index is 0.0362. The Bertz CT molecular complexity index is 1050. The summed E-state index contributed by atoms with van der Waals surface area (Å²) in [6.45, 7) is 3.33. The summed E-state index contributed by atoms with van der Waals surface area (Å²) < 4.78 is 39.5. The standard InChI is InChI=1S/C18H14ClF3N2O2S/c1-3-9-5-10(18(20,21)22)6-13-14(9)23-17(27-13)24-16(26)12-7-11(19)4-8(2)15(12)25/h4-7,25H,3H2,1-2H3,(H,23,24,26). The first-order valence-electron chi connectivity index (χ1n) is 7.91. The van der Waals surface area contributed by atoms with Gasteiger partial charge in [-0.05, 0) is 48.7 Å². The number of anilines is 1. The van der Waals surface area contributed by atoms with Crippen molar-refractivity contribution in [2.75, 3.05) is 5.32 Å². The topological polar surface area (TPSA) is 62.2 Å². The quantitative estimate of drug-likeness (QED) is 0.569. The molecule has 142 valence electrons. The van der Waals surface area contributed by atoms with Crippen molar-refractivity contribution in [3.8, 4) is 5.75 Å². The molecule has 0 aliphatic heterocycles. The summed E-state index contributed by atoms with van der Waals surface area (Å²) >= 11 is 6.86. The summed E-state index contributed by atoms with van der Waals surface area (Å²) in [6.07, 6.45) is -4.10. The Hall–Kier alpha value is -2.32. The van der Waals surface area contributed by atoms with Crippen molar-refractivity contribution in [3.05, 3.63) is 51.5 Å². The van der Waals surface area contributed by atoms with E-state index < -0.39 is 17.6 Å². The van der Waals surface area contributed by atoms with Gasteiger partial charge >= 0.3 is 6.18 Å². The Morgan fingerprint density at radius 2 is 2.00 bits per heavy atom. The molecule has 0 aliphatic carbocycles. The third kappa shape index (κ3) is 3.86. The monoisotopic (exact) mass is 414 g/mol. The van der Waals surface area contributed by atoms with Crippen molar-refractivity contribution in [1.29, 1.82) is 0 Å². The van der Waals surface area contributed by atoms with E-state index in [9.17, 15) is 23.1 Å². The second-order valence-electron chi connectivity index (χ2n) is 5.93. The van der Waals surface area contributed by atoms with Crippen LogP contribution in [0.15, 0.2) is 24.3 Å². The van der Waals surface area contributed by atoms with Crippen LogP contribution in [0.5, 0.6) is 5.75 Å². The SMILES string of the molecule is CCc1cc(C(F)(F)F)cc2sc(NC(=O)c3cc(Cl)cc(C)c3O)nc12. The van der Waals surface area contributed by atoms with Crippen molar-refractivity contribution in [2.45, 2.75) is 26.4 Å². The number of nitrogens with one attached hydrogen (secondary N) is 1. The molecule has 0 saturated carbocycles. The van der Waals surface area contributed by atoms with Crippen LogP contribution < -0.4 is 5.32 Å². The number of thiazole rings is 1. The van der Waals surface area contributed by atoms with Gasteiger partial charge in [0.05, 0.1) is 21.3 Å². The maximum absolute atomic E-state index is 13.1. The van der Waals surface area contributed by atoms with Crippen LogP contribution in [0.2, 0.25) is 5.02 Å². The maximum atomic E-state index is 13.1. The van der Waals surface area contributed by atoms with Crippen LogP contribution in [0.3, 0.4) is 0 Å². The Balaban J connectivity index is 2.00. The normalized spacial score (nSPS) is 11.8. The number of phenolic OH excluding ortho intramolecular Hbond substituents is 1. The molecule has 1 aromatic heterocycles. The summed E-state index contributed by atoms with van der Waals surface area (Å²) in [5, 5.41) is 13.0. The van der Waals surface area contributed by atoms with Crippen LogP contribution in [0.25, 0.3) is 10.2 Å². The van der Waals surface area contributed by atoms with Gasteiger partial charge in [0.25, 0.3) is 5.91 Å². The number of amides is 1. The number of aromatic hydroxyl groups is 1. The van der Waals surface area contributed by atoms with Crippen LogP contribution in [0.4, 0.5) is 18.3 Å². The number of carbonyl (C=O) groups excluding carboxylic acids is 1. The molecule has 27 heavy (non-hydrogen) atoms. The smallest absolute Gasteiger partial charge is 0.416 e. The average Bonchev–Trinajstić information content (AvgIpc) is 2.98.